The highest BCUT2D eigenvalue weighted by Crippen LogP contribution is 2.45. The van der Waals surface area contributed by atoms with E-state index in [4.69, 9.17) is 37.0 Å². The van der Waals surface area contributed by atoms with Crippen LogP contribution in [0.2, 0.25) is 0 Å². The molecule has 17 nitrogen and oxygen atoms in total. The minimum absolute atomic E-state index is 0.0814. The van der Waals surface area contributed by atoms with Crippen molar-refractivity contribution in [3.8, 4) is 0 Å². The largest absolute Gasteiger partial charge is 0.472 e. The van der Waals surface area contributed by atoms with Crippen molar-refractivity contribution in [1.29, 1.82) is 0 Å². The number of unbranched alkanes of at least 4 members (excludes halogenated alkanes) is 27. The number of hydrogen-bond acceptors (Lipinski definition) is 15. The molecule has 0 radical (unpaired) electrons. The second kappa shape index (κ2) is 65.9. The molecule has 19 heteroatoms. The molecule has 0 saturated carbocycles. The van der Waals surface area contributed by atoms with Gasteiger partial charge >= 0.3 is 39.5 Å². The van der Waals surface area contributed by atoms with Crippen LogP contribution in [0.1, 0.15) is 297 Å². The third kappa shape index (κ3) is 64.9. The van der Waals surface area contributed by atoms with Crippen molar-refractivity contribution in [2.45, 2.75) is 316 Å². The first kappa shape index (κ1) is 88.2. The minimum atomic E-state index is -4.97. The van der Waals surface area contributed by atoms with Crippen molar-refractivity contribution >= 4 is 39.5 Å². The number of phosphoric acid groups is 2. The Balaban J connectivity index is 5.31. The Kier molecular flexibility index (Phi) is 63.2. The van der Waals surface area contributed by atoms with Crippen molar-refractivity contribution in [1.82, 2.24) is 0 Å². The normalized spacial score (nSPS) is 14.6. The van der Waals surface area contributed by atoms with Crippen molar-refractivity contribution in [2.24, 2.45) is 0 Å². The molecule has 0 fully saturated rings. The molecule has 532 valence electrons. The van der Waals surface area contributed by atoms with Crippen molar-refractivity contribution in [2.75, 3.05) is 39.6 Å². The molecule has 0 spiro atoms. The smallest absolute Gasteiger partial charge is 0.462 e. The number of hydrogen-bond donors (Lipinski definition) is 3. The Labute approximate surface area is 557 Å². The van der Waals surface area contributed by atoms with Crippen LogP contribution in [0.4, 0.5) is 0 Å². The van der Waals surface area contributed by atoms with Gasteiger partial charge < -0.3 is 33.8 Å². The zero-order valence-electron chi connectivity index (χ0n) is 57.7. The lowest BCUT2D eigenvalue weighted by Gasteiger charge is -2.21. The van der Waals surface area contributed by atoms with Crippen LogP contribution in [-0.4, -0.2) is 96.7 Å². The van der Waals surface area contributed by atoms with Gasteiger partial charge in [0.2, 0.25) is 0 Å². The molecule has 0 aromatic heterocycles. The van der Waals surface area contributed by atoms with E-state index in [9.17, 15) is 43.2 Å². The van der Waals surface area contributed by atoms with Gasteiger partial charge in [-0.1, -0.05) is 248 Å². The van der Waals surface area contributed by atoms with Crippen molar-refractivity contribution < 1.29 is 80.2 Å². The fourth-order valence-corrected chi connectivity index (χ4v) is 11.0. The van der Waals surface area contributed by atoms with Gasteiger partial charge in [-0.3, -0.25) is 37.3 Å². The Morgan fingerprint density at radius 2 is 0.576 bits per heavy atom. The maximum atomic E-state index is 13.0. The molecule has 92 heavy (non-hydrogen) atoms. The molecule has 0 bridgehead atoms. The van der Waals surface area contributed by atoms with Gasteiger partial charge in [0.15, 0.2) is 12.2 Å². The van der Waals surface area contributed by atoms with Crippen LogP contribution >= 0.6 is 15.6 Å². The highest BCUT2D eigenvalue weighted by atomic mass is 31.2. The zero-order valence-corrected chi connectivity index (χ0v) is 59.5. The fourth-order valence-electron chi connectivity index (χ4n) is 9.41. The molecule has 5 atom stereocenters. The topological polar surface area (TPSA) is 237 Å². The number of aliphatic hydroxyl groups excluding tert-OH is 1. The molecule has 0 aromatic rings. The summed E-state index contributed by atoms with van der Waals surface area (Å²) in [5.41, 5.74) is 0. The average molecular weight is 1340 g/mol. The number of carbonyl (C=O) groups is 4. The van der Waals surface area contributed by atoms with Gasteiger partial charge in [0.25, 0.3) is 0 Å². The van der Waals surface area contributed by atoms with Crippen LogP contribution in [-0.2, 0) is 65.4 Å². The van der Waals surface area contributed by atoms with Crippen LogP contribution in [0.15, 0.2) is 85.1 Å². The molecule has 0 rings (SSSR count). The molecule has 5 unspecified atom stereocenters. The first-order chi connectivity index (χ1) is 44.7. The second-order valence-electron chi connectivity index (χ2n) is 23.8. The maximum absolute atomic E-state index is 13.0. The summed E-state index contributed by atoms with van der Waals surface area (Å²) in [4.78, 5) is 72.5. The number of carbonyl (C=O) groups excluding carboxylic acids is 4. The van der Waals surface area contributed by atoms with E-state index in [0.29, 0.717) is 25.7 Å². The van der Waals surface area contributed by atoms with E-state index >= 15 is 0 Å². The molecule has 0 aliphatic heterocycles. The molecule has 0 amide bonds. The van der Waals surface area contributed by atoms with E-state index in [0.717, 1.165) is 167 Å². The molecule has 0 aliphatic carbocycles. The van der Waals surface area contributed by atoms with Crippen LogP contribution in [0, 0.1) is 0 Å². The Morgan fingerprint density at radius 3 is 0.913 bits per heavy atom. The van der Waals surface area contributed by atoms with E-state index in [-0.39, 0.29) is 25.7 Å². The quantitative estimate of drug-likeness (QED) is 0.0169. The summed E-state index contributed by atoms with van der Waals surface area (Å²) in [6, 6.07) is 0. The van der Waals surface area contributed by atoms with E-state index in [1.54, 1.807) is 0 Å². The van der Waals surface area contributed by atoms with Crippen LogP contribution in [0.3, 0.4) is 0 Å². The summed E-state index contributed by atoms with van der Waals surface area (Å²) in [6.07, 6.45) is 64.5. The van der Waals surface area contributed by atoms with Gasteiger partial charge in [-0.15, -0.1) is 0 Å². The molecule has 0 aliphatic rings. The first-order valence-corrected chi connectivity index (χ1v) is 38.8. The van der Waals surface area contributed by atoms with Crippen molar-refractivity contribution in [3.63, 3.8) is 0 Å². The van der Waals surface area contributed by atoms with Gasteiger partial charge in [0.1, 0.15) is 19.3 Å². The summed E-state index contributed by atoms with van der Waals surface area (Å²) in [7, 11) is -9.94. The zero-order chi connectivity index (χ0) is 67.5. The lowest BCUT2D eigenvalue weighted by Crippen LogP contribution is -2.30. The Hall–Kier alpha value is -3.76. The van der Waals surface area contributed by atoms with Crippen LogP contribution in [0.25, 0.3) is 0 Å². The predicted octanol–water partition coefficient (Wildman–Crippen LogP) is 19.9. The minimum Gasteiger partial charge on any atom is -0.462 e. The van der Waals surface area contributed by atoms with E-state index in [1.165, 1.54) is 51.4 Å². The average Bonchev–Trinajstić information content (AvgIpc) is 2.55. The molecular formula is C73H128O17P2. The number of ether oxygens (including phenoxy) is 4. The van der Waals surface area contributed by atoms with Gasteiger partial charge in [0, 0.05) is 25.7 Å². The Bertz CT molecular complexity index is 2090. The van der Waals surface area contributed by atoms with Gasteiger partial charge in [-0.2, -0.15) is 0 Å². The molecular weight excluding hydrogens is 1210 g/mol. The summed E-state index contributed by atoms with van der Waals surface area (Å²) in [5, 5.41) is 10.6. The lowest BCUT2D eigenvalue weighted by atomic mass is 10.1. The maximum Gasteiger partial charge on any atom is 0.472 e. The van der Waals surface area contributed by atoms with E-state index in [2.05, 4.69) is 113 Å². The number of phosphoric ester groups is 2. The van der Waals surface area contributed by atoms with Gasteiger partial charge in [-0.05, 0) is 109 Å². The highest BCUT2D eigenvalue weighted by molar-refractivity contribution is 7.47. The number of allylic oxidation sites excluding steroid dienone is 14. The number of rotatable bonds is 67. The Morgan fingerprint density at radius 1 is 0.315 bits per heavy atom. The fraction of sp³-hybridized carbons (Fsp3) is 0.753. The van der Waals surface area contributed by atoms with Gasteiger partial charge in [-0.25, -0.2) is 9.13 Å². The third-order valence-electron chi connectivity index (χ3n) is 14.9. The monoisotopic (exact) mass is 1340 g/mol. The number of aliphatic hydroxyl groups is 1. The molecule has 0 heterocycles. The summed E-state index contributed by atoms with van der Waals surface area (Å²) >= 11 is 0. The first-order valence-electron chi connectivity index (χ1n) is 35.8. The SMILES string of the molecule is CC/C=C\C/C=C\C/C=C\CCCCCCCC(=O)OCC(COP(=O)(O)OCC(O)COP(=O)(O)OCC(COC(=O)CCCCCCC/C=C\C/C=C\C/C=C\CC)OC(=O)CCCCCCCCCCCCC)OC(=O)CCCCCCC/C=C\CCCC. The highest BCUT2D eigenvalue weighted by Gasteiger charge is 2.30. The molecule has 0 aromatic carbocycles. The predicted molar refractivity (Wildman–Crippen MR) is 372 cm³/mol. The summed E-state index contributed by atoms with van der Waals surface area (Å²) < 4.78 is 68.2. The standard InChI is InChI=1S/C73H128O17P2/c1-5-9-13-17-21-25-29-31-33-35-39-41-45-49-53-57-70(75)83-63-68(89-72(77)59-55-51-47-43-37-27-23-19-15-11-7-3)65-87-91(79,80)85-61-67(74)62-86-92(81,82)88-66-69(90-73(78)60-56-52-48-44-38-28-24-20-16-12-8-4)64-84-71(76)58-54-50-46-42-40-36-34-32-30-26-22-18-14-10-6-2/h9-10,13-14,19,21-23,25-26,31-34,67-69,74H,5-8,11-12,15-18,20,24,27-30,35-66H2,1-4H3,(H,79,80)(H,81,82)/b13-9-,14-10-,23-19-,25-21-,26-22-,33-31-,34-32-. The third-order valence-corrected chi connectivity index (χ3v) is 16.8. The lowest BCUT2D eigenvalue weighted by molar-refractivity contribution is -0.161. The van der Waals surface area contributed by atoms with Crippen LogP contribution < -0.4 is 0 Å². The second-order valence-corrected chi connectivity index (χ2v) is 26.7. The molecule has 3 N–H and O–H groups in total. The van der Waals surface area contributed by atoms with Crippen LogP contribution in [0.5, 0.6) is 0 Å². The summed E-state index contributed by atoms with van der Waals surface area (Å²) in [6.45, 7) is 4.56. The summed E-state index contributed by atoms with van der Waals surface area (Å²) in [5.74, 6) is -2.21. The van der Waals surface area contributed by atoms with E-state index in [1.807, 2.05) is 0 Å². The molecule has 0 saturated heterocycles. The van der Waals surface area contributed by atoms with Gasteiger partial charge in [0.05, 0.1) is 26.4 Å². The van der Waals surface area contributed by atoms with Crippen molar-refractivity contribution in [3.05, 3.63) is 85.1 Å². The van der Waals surface area contributed by atoms with E-state index < -0.39 is 97.5 Å². The number of esters is 4.